The Labute approximate surface area is 77.4 Å². The summed E-state index contributed by atoms with van der Waals surface area (Å²) in [6.07, 6.45) is 0.405. The fourth-order valence-electron chi connectivity index (χ4n) is 0.332. The van der Waals surface area contributed by atoms with Gasteiger partial charge in [-0.2, -0.15) is 0 Å². The van der Waals surface area contributed by atoms with Crippen molar-refractivity contribution in [3.05, 3.63) is 0 Å². The number of hydrogen-bond donors (Lipinski definition) is 3. The third-order valence-corrected chi connectivity index (χ3v) is 1.71. The van der Waals surface area contributed by atoms with Crippen molar-refractivity contribution in [3.8, 4) is 0 Å². The van der Waals surface area contributed by atoms with Gasteiger partial charge in [-0.3, -0.25) is 0 Å². The summed E-state index contributed by atoms with van der Waals surface area (Å²) in [6, 6.07) is -0.0660. The molecule has 0 aromatic rings. The van der Waals surface area contributed by atoms with Gasteiger partial charge in [-0.25, -0.2) is 0 Å². The fourth-order valence-corrected chi connectivity index (χ4v) is 0.997. The maximum Gasteiger partial charge on any atom is 1.00 e. The van der Waals surface area contributed by atoms with Crippen LogP contribution in [0.2, 0.25) is 6.04 Å². The van der Waals surface area contributed by atoms with Crippen molar-refractivity contribution in [3.63, 3.8) is 0 Å². The molecule has 50 valence electrons. The first-order valence-electron chi connectivity index (χ1n) is 2.41. The van der Waals surface area contributed by atoms with Crippen LogP contribution in [0, 0.1) is 0 Å². The van der Waals surface area contributed by atoms with Crippen LogP contribution in [0.5, 0.6) is 0 Å². The van der Waals surface area contributed by atoms with Gasteiger partial charge in [0.05, 0.1) is 0 Å². The molecule has 0 atom stereocenters. The average molecular weight is 159 g/mol. The second kappa shape index (κ2) is 5.81. The summed E-state index contributed by atoms with van der Waals surface area (Å²) in [4.78, 5) is 26.5. The minimum absolute atomic E-state index is 0. The summed E-state index contributed by atoms with van der Waals surface area (Å²) in [6.45, 7) is 0.345. The van der Waals surface area contributed by atoms with Crippen LogP contribution in [-0.4, -0.2) is 24.9 Å². The minimum atomic E-state index is -4.01. The van der Waals surface area contributed by atoms with E-state index in [1.54, 1.807) is 0 Å². The van der Waals surface area contributed by atoms with Crippen LogP contribution >= 0.6 is 0 Å². The molecule has 0 aliphatic carbocycles. The van der Waals surface area contributed by atoms with E-state index in [2.05, 4.69) is 0 Å². The topological polar surface area (TPSA) is 89.5 Å². The van der Waals surface area contributed by atoms with Crippen molar-refractivity contribution in [2.75, 3.05) is 6.54 Å². The molecule has 0 amide bonds. The van der Waals surface area contributed by atoms with Crippen molar-refractivity contribution < 1.29 is 43.9 Å². The Bertz CT molecular complexity index is 66.6. The number of hydrogen-bond acceptors (Lipinski definition) is 4. The number of nitrogens with two attached hydrogens (primary N) is 1. The van der Waals surface area contributed by atoms with E-state index in [1.807, 2.05) is 0 Å². The zero-order chi connectivity index (χ0) is 6.62. The molecule has 0 rings (SSSR count). The molecular weight excluding hydrogens is 149 g/mol. The van der Waals surface area contributed by atoms with Crippen molar-refractivity contribution in [2.45, 2.75) is 12.5 Å². The second-order valence-electron chi connectivity index (χ2n) is 1.64. The average Bonchev–Trinajstić information content (AvgIpc) is 1.59. The Balaban J connectivity index is 0. The molecule has 0 saturated carbocycles. The van der Waals surface area contributed by atoms with Crippen molar-refractivity contribution in [2.24, 2.45) is 5.73 Å². The van der Waals surface area contributed by atoms with Crippen molar-refractivity contribution in [1.29, 1.82) is 0 Å². The van der Waals surface area contributed by atoms with Gasteiger partial charge < -0.3 is 20.1 Å². The van der Waals surface area contributed by atoms with Crippen molar-refractivity contribution >= 4 is 8.80 Å². The molecule has 0 fully saturated rings. The predicted molar refractivity (Wildman–Crippen MR) is 28.7 cm³/mol. The van der Waals surface area contributed by atoms with Gasteiger partial charge >= 0.3 is 29.6 Å². The van der Waals surface area contributed by atoms with Crippen LogP contribution in [-0.2, 0) is 0 Å². The zero-order valence-corrected chi connectivity index (χ0v) is 8.50. The van der Waals surface area contributed by atoms with Crippen LogP contribution in [0.4, 0.5) is 0 Å². The SMILES string of the molecule is NCCC[Si]([O-])(O)O.[Na+]. The van der Waals surface area contributed by atoms with Gasteiger partial charge in [-0.05, 0) is 19.0 Å². The first-order chi connectivity index (χ1) is 3.56. The van der Waals surface area contributed by atoms with E-state index < -0.39 is 8.80 Å². The quantitative estimate of drug-likeness (QED) is 0.359. The van der Waals surface area contributed by atoms with Gasteiger partial charge in [-0.1, -0.05) is 0 Å². The molecule has 0 bridgehead atoms. The Morgan fingerprint density at radius 3 is 2.00 bits per heavy atom. The normalized spacial score (nSPS) is 10.7. The smallest absolute Gasteiger partial charge is 0.817 e. The summed E-state index contributed by atoms with van der Waals surface area (Å²) >= 11 is 0. The van der Waals surface area contributed by atoms with Gasteiger partial charge in [0.15, 0.2) is 0 Å². The van der Waals surface area contributed by atoms with Crippen LogP contribution < -0.4 is 40.1 Å². The molecule has 9 heavy (non-hydrogen) atoms. The minimum Gasteiger partial charge on any atom is -0.817 e. The molecule has 0 radical (unpaired) electrons. The third-order valence-electron chi connectivity index (χ3n) is 0.707. The fraction of sp³-hybridized carbons (Fsp3) is 1.00. The third kappa shape index (κ3) is 12.3. The Morgan fingerprint density at radius 1 is 1.44 bits per heavy atom. The molecule has 0 spiro atoms. The van der Waals surface area contributed by atoms with E-state index in [9.17, 15) is 4.80 Å². The van der Waals surface area contributed by atoms with E-state index in [1.165, 1.54) is 0 Å². The Morgan fingerprint density at radius 2 is 1.89 bits per heavy atom. The van der Waals surface area contributed by atoms with Crippen molar-refractivity contribution in [1.82, 2.24) is 0 Å². The molecule has 0 aliphatic heterocycles. The van der Waals surface area contributed by atoms with Gasteiger partial charge in [0, 0.05) is 0 Å². The van der Waals surface area contributed by atoms with Crippen LogP contribution in [0.3, 0.4) is 0 Å². The molecule has 4 nitrogen and oxygen atoms in total. The number of rotatable bonds is 3. The first kappa shape index (κ1) is 12.7. The Kier molecular flexibility index (Phi) is 8.21. The van der Waals surface area contributed by atoms with E-state index in [4.69, 9.17) is 15.3 Å². The van der Waals surface area contributed by atoms with Crippen LogP contribution in [0.25, 0.3) is 0 Å². The monoisotopic (exact) mass is 159 g/mol. The van der Waals surface area contributed by atoms with Crippen LogP contribution in [0.1, 0.15) is 6.42 Å². The summed E-state index contributed by atoms with van der Waals surface area (Å²) in [5, 5.41) is 0. The zero-order valence-electron chi connectivity index (χ0n) is 5.50. The summed E-state index contributed by atoms with van der Waals surface area (Å²) in [5.74, 6) is 0. The first-order valence-corrected chi connectivity index (χ1v) is 4.42. The second-order valence-corrected chi connectivity index (χ2v) is 3.62. The molecule has 4 N–H and O–H groups in total. The maximum absolute atomic E-state index is 10.1. The van der Waals surface area contributed by atoms with E-state index in [0.717, 1.165) is 0 Å². The predicted octanol–water partition coefficient (Wildman–Crippen LogP) is -5.38. The molecule has 0 saturated heterocycles. The van der Waals surface area contributed by atoms with Gasteiger partial charge in [0.1, 0.15) is 0 Å². The molecule has 0 aliphatic rings. The molecule has 0 aromatic carbocycles. The molecule has 0 unspecified atom stereocenters. The molecular formula is C3H10NNaO3Si. The molecule has 0 heterocycles. The standard InChI is InChI=1S/C3H10NO3Si.Na/c4-2-1-3-8(5,6)7;/h5-6H,1-4H2;/q-1;+1. The van der Waals surface area contributed by atoms with Gasteiger partial charge in [0.2, 0.25) is 8.80 Å². The van der Waals surface area contributed by atoms with Gasteiger partial charge in [-0.15, -0.1) is 0 Å². The summed E-state index contributed by atoms with van der Waals surface area (Å²) in [5.41, 5.74) is 5.00. The molecule has 6 heteroatoms. The van der Waals surface area contributed by atoms with Gasteiger partial charge in [0.25, 0.3) is 0 Å². The van der Waals surface area contributed by atoms with E-state index >= 15 is 0 Å². The van der Waals surface area contributed by atoms with Crippen LogP contribution in [0.15, 0.2) is 0 Å². The maximum atomic E-state index is 10.1. The summed E-state index contributed by atoms with van der Waals surface area (Å²) < 4.78 is 0. The van der Waals surface area contributed by atoms with E-state index in [0.29, 0.717) is 13.0 Å². The van der Waals surface area contributed by atoms with E-state index in [-0.39, 0.29) is 35.6 Å². The largest absolute Gasteiger partial charge is 1.00 e. The Hall–Kier alpha value is 1.06. The summed E-state index contributed by atoms with van der Waals surface area (Å²) in [7, 11) is -4.01. The molecule has 0 aromatic heterocycles.